The van der Waals surface area contributed by atoms with Crippen LogP contribution < -0.4 is 14.4 Å². The molecule has 0 radical (unpaired) electrons. The Labute approximate surface area is 122 Å². The number of hydrogen-bond donors (Lipinski definition) is 1. The summed E-state index contributed by atoms with van der Waals surface area (Å²) in [5.41, 5.74) is 0.646. The van der Waals surface area contributed by atoms with E-state index >= 15 is 0 Å². The number of methoxy groups -OCH3 is 1. The third-order valence-corrected chi connectivity index (χ3v) is 4.89. The fourth-order valence-corrected chi connectivity index (χ4v) is 3.00. The second-order valence-electron chi connectivity index (χ2n) is 4.59. The van der Waals surface area contributed by atoms with E-state index in [1.807, 2.05) is 0 Å². The third-order valence-electron chi connectivity index (χ3n) is 3.04. The van der Waals surface area contributed by atoms with Gasteiger partial charge < -0.3 is 10.1 Å². The van der Waals surface area contributed by atoms with Gasteiger partial charge in [-0.15, -0.1) is 0 Å². The summed E-state index contributed by atoms with van der Waals surface area (Å²) in [6.45, 7) is 3.74. The lowest BCUT2D eigenvalue weighted by molar-refractivity contribution is 0.415. The molecule has 0 aliphatic rings. The van der Waals surface area contributed by atoms with Crippen molar-refractivity contribution in [3.63, 3.8) is 0 Å². The minimum Gasteiger partial charge on any atom is -0.497 e. The van der Waals surface area contributed by atoms with Crippen molar-refractivity contribution in [1.82, 2.24) is 5.32 Å². The maximum atomic E-state index is 12.2. The number of nitrogens with one attached hydrogen (secondary N) is 1. The van der Waals surface area contributed by atoms with Crippen molar-refractivity contribution in [3.8, 4) is 5.75 Å². The molecule has 0 fully saturated rings. The van der Waals surface area contributed by atoms with Crippen molar-refractivity contribution in [1.29, 1.82) is 0 Å². The lowest BCUT2D eigenvalue weighted by atomic mass is 10.3. The van der Waals surface area contributed by atoms with Gasteiger partial charge in [-0.25, -0.2) is 8.42 Å². The molecule has 20 heavy (non-hydrogen) atoms. The topological polar surface area (TPSA) is 58.6 Å². The van der Waals surface area contributed by atoms with E-state index in [1.54, 1.807) is 38.4 Å². The van der Waals surface area contributed by atoms with Crippen LogP contribution in [0.1, 0.15) is 19.8 Å². The summed E-state index contributed by atoms with van der Waals surface area (Å²) < 4.78 is 30.8. The van der Waals surface area contributed by atoms with Crippen molar-refractivity contribution >= 4 is 15.7 Å². The molecule has 0 bridgehead atoms. The van der Waals surface area contributed by atoms with Crippen LogP contribution in [0.15, 0.2) is 24.3 Å². The number of rotatable bonds is 9. The van der Waals surface area contributed by atoms with E-state index < -0.39 is 10.0 Å². The van der Waals surface area contributed by atoms with Gasteiger partial charge >= 0.3 is 0 Å². The first kappa shape index (κ1) is 16.8. The monoisotopic (exact) mass is 300 g/mol. The van der Waals surface area contributed by atoms with E-state index in [0.717, 1.165) is 19.5 Å². The molecule has 1 N–H and O–H groups in total. The van der Waals surface area contributed by atoms with Crippen molar-refractivity contribution in [2.45, 2.75) is 19.8 Å². The Kier molecular flexibility index (Phi) is 6.81. The molecule has 0 saturated carbocycles. The fourth-order valence-electron chi connectivity index (χ4n) is 1.77. The summed E-state index contributed by atoms with van der Waals surface area (Å²) in [5, 5.41) is 3.20. The van der Waals surface area contributed by atoms with E-state index in [1.165, 1.54) is 4.31 Å². The average molecular weight is 300 g/mol. The van der Waals surface area contributed by atoms with E-state index in [2.05, 4.69) is 12.2 Å². The summed E-state index contributed by atoms with van der Waals surface area (Å²) in [5.74, 6) is 0.856. The molecule has 0 aromatic heterocycles. The smallest absolute Gasteiger partial charge is 0.234 e. The molecule has 0 amide bonds. The van der Waals surface area contributed by atoms with Gasteiger partial charge in [-0.05, 0) is 50.2 Å². The van der Waals surface area contributed by atoms with Crippen LogP contribution in [0, 0.1) is 0 Å². The van der Waals surface area contributed by atoms with Crippen LogP contribution in [0.4, 0.5) is 5.69 Å². The van der Waals surface area contributed by atoms with Crippen molar-refractivity contribution in [2.75, 3.05) is 37.3 Å². The number of ether oxygens (including phenoxy) is 1. The third kappa shape index (κ3) is 5.02. The first-order valence-electron chi connectivity index (χ1n) is 6.82. The zero-order valence-electron chi connectivity index (χ0n) is 12.4. The molecule has 0 aliphatic heterocycles. The van der Waals surface area contributed by atoms with Crippen LogP contribution in [0.3, 0.4) is 0 Å². The number of benzene rings is 1. The molecular weight excluding hydrogens is 276 g/mol. The molecule has 6 heteroatoms. The van der Waals surface area contributed by atoms with Crippen LogP contribution in [-0.2, 0) is 10.0 Å². The second kappa shape index (κ2) is 8.11. The first-order chi connectivity index (χ1) is 9.51. The average Bonchev–Trinajstić information content (AvgIpc) is 2.46. The Bertz CT molecular complexity index is 486. The van der Waals surface area contributed by atoms with Gasteiger partial charge in [-0.1, -0.05) is 6.92 Å². The normalized spacial score (nSPS) is 11.3. The maximum Gasteiger partial charge on any atom is 0.234 e. The zero-order chi connectivity index (χ0) is 15.0. The summed E-state index contributed by atoms with van der Waals surface area (Å²) in [7, 11) is -0.105. The Morgan fingerprint density at radius 2 is 1.85 bits per heavy atom. The summed E-state index contributed by atoms with van der Waals surface area (Å²) in [6, 6.07) is 6.99. The van der Waals surface area contributed by atoms with E-state index in [0.29, 0.717) is 17.9 Å². The molecule has 0 atom stereocenters. The summed E-state index contributed by atoms with van der Waals surface area (Å²) >= 11 is 0. The van der Waals surface area contributed by atoms with Gasteiger partial charge in [0.05, 0.1) is 18.6 Å². The molecule has 0 saturated heterocycles. The molecule has 114 valence electrons. The molecule has 5 nitrogen and oxygen atoms in total. The van der Waals surface area contributed by atoms with Crippen molar-refractivity contribution < 1.29 is 13.2 Å². The van der Waals surface area contributed by atoms with Crippen molar-refractivity contribution in [3.05, 3.63) is 24.3 Å². The Morgan fingerprint density at radius 3 is 2.40 bits per heavy atom. The second-order valence-corrected chi connectivity index (χ2v) is 6.70. The Morgan fingerprint density at radius 1 is 1.20 bits per heavy atom. The van der Waals surface area contributed by atoms with Crippen LogP contribution in [0.5, 0.6) is 5.75 Å². The van der Waals surface area contributed by atoms with Gasteiger partial charge in [0.15, 0.2) is 0 Å². The molecule has 0 unspecified atom stereocenters. The van der Waals surface area contributed by atoms with Gasteiger partial charge in [-0.3, -0.25) is 4.31 Å². The molecule has 0 heterocycles. The van der Waals surface area contributed by atoms with E-state index in [4.69, 9.17) is 4.74 Å². The van der Waals surface area contributed by atoms with Crippen LogP contribution in [0.25, 0.3) is 0 Å². The SMILES string of the molecule is CCCNCCCS(=O)(=O)N(C)c1ccc(OC)cc1. The highest BCUT2D eigenvalue weighted by molar-refractivity contribution is 7.92. The number of nitrogens with zero attached hydrogens (tertiary/aromatic N) is 1. The summed E-state index contributed by atoms with van der Waals surface area (Å²) in [6.07, 6.45) is 1.67. The van der Waals surface area contributed by atoms with Crippen molar-refractivity contribution in [2.24, 2.45) is 0 Å². The minimum absolute atomic E-state index is 0.145. The molecule has 1 rings (SSSR count). The van der Waals surface area contributed by atoms with E-state index in [9.17, 15) is 8.42 Å². The highest BCUT2D eigenvalue weighted by Gasteiger charge is 2.17. The largest absolute Gasteiger partial charge is 0.497 e. The molecule has 0 aliphatic carbocycles. The molecule has 1 aromatic rings. The predicted molar refractivity (Wildman–Crippen MR) is 83.0 cm³/mol. The first-order valence-corrected chi connectivity index (χ1v) is 8.43. The maximum absolute atomic E-state index is 12.2. The molecule has 1 aromatic carbocycles. The molecular formula is C14H24N2O3S. The Hall–Kier alpha value is -1.27. The standard InChI is InChI=1S/C14H24N2O3S/c1-4-10-15-11-5-12-20(17,18)16(2)13-6-8-14(19-3)9-7-13/h6-9,15H,4-5,10-12H2,1-3H3. The van der Waals surface area contributed by atoms with E-state index in [-0.39, 0.29) is 5.75 Å². The fraction of sp³-hybridized carbons (Fsp3) is 0.571. The zero-order valence-corrected chi connectivity index (χ0v) is 13.2. The summed E-state index contributed by atoms with van der Waals surface area (Å²) in [4.78, 5) is 0. The number of anilines is 1. The predicted octanol–water partition coefficient (Wildman–Crippen LogP) is 1.85. The highest BCUT2D eigenvalue weighted by atomic mass is 32.2. The van der Waals surface area contributed by atoms with Gasteiger partial charge in [0, 0.05) is 7.05 Å². The van der Waals surface area contributed by atoms with Gasteiger partial charge in [0.2, 0.25) is 10.0 Å². The van der Waals surface area contributed by atoms with Gasteiger partial charge in [0.25, 0.3) is 0 Å². The van der Waals surface area contributed by atoms with Crippen LogP contribution in [0.2, 0.25) is 0 Å². The minimum atomic E-state index is -3.27. The number of hydrogen-bond acceptors (Lipinski definition) is 4. The number of sulfonamides is 1. The van der Waals surface area contributed by atoms with Crippen LogP contribution in [-0.4, -0.2) is 41.4 Å². The molecule has 0 spiro atoms. The lowest BCUT2D eigenvalue weighted by Gasteiger charge is -2.19. The quantitative estimate of drug-likeness (QED) is 0.707. The van der Waals surface area contributed by atoms with Crippen LogP contribution >= 0.6 is 0 Å². The van der Waals surface area contributed by atoms with Gasteiger partial charge in [-0.2, -0.15) is 0 Å². The lowest BCUT2D eigenvalue weighted by Crippen LogP contribution is -2.30. The van der Waals surface area contributed by atoms with Gasteiger partial charge in [0.1, 0.15) is 5.75 Å². The highest BCUT2D eigenvalue weighted by Crippen LogP contribution is 2.20. The Balaban J connectivity index is 2.56.